The van der Waals surface area contributed by atoms with Gasteiger partial charge in [0, 0.05) is 24.2 Å². The van der Waals surface area contributed by atoms with Gasteiger partial charge in [-0.25, -0.2) is 0 Å². The van der Waals surface area contributed by atoms with E-state index in [4.69, 9.17) is 0 Å². The number of rotatable bonds is 7. The quantitative estimate of drug-likeness (QED) is 0.756. The normalized spacial score (nSPS) is 11.5. The summed E-state index contributed by atoms with van der Waals surface area (Å²) >= 11 is 0. The Morgan fingerprint density at radius 2 is 1.88 bits per heavy atom. The van der Waals surface area contributed by atoms with E-state index < -0.39 is 12.1 Å². The molecule has 0 aliphatic rings. The molecule has 1 heterocycles. The van der Waals surface area contributed by atoms with E-state index in [0.717, 1.165) is 13.0 Å². The molecule has 0 bridgehead atoms. The first-order valence-electron chi connectivity index (χ1n) is 7.42. The topological polar surface area (TPSA) is 80.0 Å². The molecule has 0 aliphatic heterocycles. The first-order chi connectivity index (χ1) is 11.4. The monoisotopic (exact) mass is 342 g/mol. The Kier molecular flexibility index (Phi) is 5.91. The molecular formula is C15H17F3N4O2. The van der Waals surface area contributed by atoms with Crippen LogP contribution in [-0.2, 0) is 6.18 Å². The Morgan fingerprint density at radius 3 is 2.46 bits per heavy atom. The molecule has 0 aliphatic carbocycles. The highest BCUT2D eigenvalue weighted by Crippen LogP contribution is 2.29. The number of amides is 1. The first-order valence-corrected chi connectivity index (χ1v) is 7.42. The van der Waals surface area contributed by atoms with Crippen molar-refractivity contribution in [3.05, 3.63) is 35.7 Å². The number of benzene rings is 1. The van der Waals surface area contributed by atoms with Gasteiger partial charge in [-0.3, -0.25) is 4.79 Å². The Labute approximate surface area is 136 Å². The van der Waals surface area contributed by atoms with Gasteiger partial charge >= 0.3 is 12.1 Å². The molecule has 130 valence electrons. The Balaban J connectivity index is 1.95. The highest BCUT2D eigenvalue weighted by Gasteiger charge is 2.38. The Bertz CT molecular complexity index is 668. The van der Waals surface area contributed by atoms with E-state index in [1.807, 2.05) is 0 Å². The van der Waals surface area contributed by atoms with Gasteiger partial charge in [-0.1, -0.05) is 24.2 Å². The van der Waals surface area contributed by atoms with Crippen molar-refractivity contribution in [3.63, 3.8) is 0 Å². The van der Waals surface area contributed by atoms with Gasteiger partial charge < -0.3 is 15.2 Å². The van der Waals surface area contributed by atoms with Crippen molar-refractivity contribution in [3.8, 4) is 11.4 Å². The van der Waals surface area contributed by atoms with Crippen LogP contribution in [0.25, 0.3) is 11.4 Å². The van der Waals surface area contributed by atoms with Crippen LogP contribution in [0.3, 0.4) is 0 Å². The number of nitrogens with zero attached hydrogens (tertiary/aromatic N) is 2. The fourth-order valence-corrected chi connectivity index (χ4v) is 1.89. The van der Waals surface area contributed by atoms with Crippen LogP contribution in [0.2, 0.25) is 0 Å². The van der Waals surface area contributed by atoms with Crippen LogP contribution in [-0.4, -0.2) is 35.7 Å². The number of aromatic nitrogens is 2. The molecule has 0 radical (unpaired) electrons. The zero-order chi connectivity index (χ0) is 17.6. The lowest BCUT2D eigenvalue weighted by atomic mass is 10.1. The van der Waals surface area contributed by atoms with Gasteiger partial charge in [-0.15, -0.1) is 0 Å². The molecule has 9 heteroatoms. The summed E-state index contributed by atoms with van der Waals surface area (Å²) in [5, 5.41) is 9.19. The van der Waals surface area contributed by atoms with E-state index in [1.54, 1.807) is 0 Å². The lowest BCUT2D eigenvalue weighted by Gasteiger charge is -2.06. The van der Waals surface area contributed by atoms with Crippen molar-refractivity contribution >= 4 is 5.91 Å². The summed E-state index contributed by atoms with van der Waals surface area (Å²) < 4.78 is 41.5. The maximum absolute atomic E-state index is 12.4. The fourth-order valence-electron chi connectivity index (χ4n) is 1.89. The van der Waals surface area contributed by atoms with Crippen molar-refractivity contribution in [2.75, 3.05) is 19.6 Å². The zero-order valence-corrected chi connectivity index (χ0v) is 13.0. The van der Waals surface area contributed by atoms with E-state index in [9.17, 15) is 18.0 Å². The van der Waals surface area contributed by atoms with Gasteiger partial charge in [0.05, 0.1) is 0 Å². The lowest BCUT2D eigenvalue weighted by Crippen LogP contribution is -2.32. The van der Waals surface area contributed by atoms with Gasteiger partial charge in [-0.2, -0.15) is 18.2 Å². The summed E-state index contributed by atoms with van der Waals surface area (Å²) in [5.41, 5.74) is 0.726. The summed E-state index contributed by atoms with van der Waals surface area (Å²) in [6.07, 6.45) is -3.67. The maximum atomic E-state index is 12.4. The van der Waals surface area contributed by atoms with Gasteiger partial charge in [0.25, 0.3) is 5.91 Å². The number of halogens is 3. The summed E-state index contributed by atoms with van der Waals surface area (Å²) in [7, 11) is 0. The van der Waals surface area contributed by atoms with Crippen LogP contribution in [0.15, 0.2) is 28.8 Å². The molecule has 0 unspecified atom stereocenters. The third-order valence-electron chi connectivity index (χ3n) is 3.09. The number of nitrogens with one attached hydrogen (secondary N) is 2. The van der Waals surface area contributed by atoms with E-state index in [1.165, 1.54) is 24.3 Å². The summed E-state index contributed by atoms with van der Waals surface area (Å²) in [4.78, 5) is 15.2. The third-order valence-corrected chi connectivity index (χ3v) is 3.09. The molecule has 1 amide bonds. The average molecular weight is 342 g/mol. The van der Waals surface area contributed by atoms with Crippen LogP contribution in [0.5, 0.6) is 0 Å². The summed E-state index contributed by atoms with van der Waals surface area (Å²) in [6.45, 7) is 4.09. The van der Waals surface area contributed by atoms with E-state index in [-0.39, 0.29) is 11.7 Å². The van der Waals surface area contributed by atoms with Crippen LogP contribution in [0.4, 0.5) is 13.2 Å². The van der Waals surface area contributed by atoms with Crippen LogP contribution in [0.1, 0.15) is 29.6 Å². The molecule has 1 aromatic heterocycles. The van der Waals surface area contributed by atoms with Gasteiger partial charge in [0.15, 0.2) is 0 Å². The molecule has 24 heavy (non-hydrogen) atoms. The largest absolute Gasteiger partial charge is 0.471 e. The second-order valence-corrected chi connectivity index (χ2v) is 5.00. The average Bonchev–Trinajstić information content (AvgIpc) is 3.05. The first kappa shape index (κ1) is 17.9. The highest BCUT2D eigenvalue weighted by molar-refractivity contribution is 5.94. The Morgan fingerprint density at radius 1 is 1.17 bits per heavy atom. The van der Waals surface area contributed by atoms with Crippen molar-refractivity contribution in [1.29, 1.82) is 0 Å². The predicted octanol–water partition coefficient (Wildman–Crippen LogP) is 2.48. The molecule has 1 aromatic carbocycles. The molecule has 0 spiro atoms. The smallest absolute Gasteiger partial charge is 0.351 e. The van der Waals surface area contributed by atoms with E-state index in [2.05, 4.69) is 32.2 Å². The molecule has 0 saturated carbocycles. The van der Waals surface area contributed by atoms with Crippen molar-refractivity contribution < 1.29 is 22.5 Å². The highest BCUT2D eigenvalue weighted by atomic mass is 19.4. The van der Waals surface area contributed by atoms with Gasteiger partial charge in [0.2, 0.25) is 5.82 Å². The number of carbonyl (C=O) groups excluding carboxylic acids is 1. The molecule has 6 nitrogen and oxygen atoms in total. The minimum atomic E-state index is -4.68. The van der Waals surface area contributed by atoms with Gasteiger partial charge in [-0.05, 0) is 25.1 Å². The number of carbonyl (C=O) groups is 1. The van der Waals surface area contributed by atoms with Crippen molar-refractivity contribution in [2.24, 2.45) is 0 Å². The van der Waals surface area contributed by atoms with Crippen LogP contribution in [0, 0.1) is 0 Å². The van der Waals surface area contributed by atoms with Crippen molar-refractivity contribution in [2.45, 2.75) is 19.5 Å². The van der Waals surface area contributed by atoms with Crippen LogP contribution < -0.4 is 10.6 Å². The van der Waals surface area contributed by atoms with Gasteiger partial charge in [0.1, 0.15) is 0 Å². The predicted molar refractivity (Wildman–Crippen MR) is 80.2 cm³/mol. The lowest BCUT2D eigenvalue weighted by molar-refractivity contribution is -0.159. The molecule has 2 N–H and O–H groups in total. The minimum absolute atomic E-state index is 0.182. The maximum Gasteiger partial charge on any atom is 0.471 e. The third kappa shape index (κ3) is 4.79. The minimum Gasteiger partial charge on any atom is -0.351 e. The molecule has 2 rings (SSSR count). The van der Waals surface area contributed by atoms with E-state index in [0.29, 0.717) is 24.2 Å². The fraction of sp³-hybridized carbons (Fsp3) is 0.400. The SMILES string of the molecule is CCCNCCNC(=O)c1ccc(-c2noc(C(F)(F)F)n2)cc1. The second kappa shape index (κ2) is 7.91. The number of hydrogen-bond donors (Lipinski definition) is 2. The molecule has 2 aromatic rings. The second-order valence-electron chi connectivity index (χ2n) is 5.00. The number of hydrogen-bond acceptors (Lipinski definition) is 5. The zero-order valence-electron chi connectivity index (χ0n) is 13.0. The summed E-state index contributed by atoms with van der Waals surface area (Å²) in [5.74, 6) is -1.85. The van der Waals surface area contributed by atoms with E-state index >= 15 is 0 Å². The summed E-state index contributed by atoms with van der Waals surface area (Å²) in [6, 6.07) is 5.92. The van der Waals surface area contributed by atoms with Crippen LogP contribution >= 0.6 is 0 Å². The molecule has 0 saturated heterocycles. The molecule has 0 fully saturated rings. The van der Waals surface area contributed by atoms with Crippen molar-refractivity contribution in [1.82, 2.24) is 20.8 Å². The Hall–Kier alpha value is -2.42. The molecular weight excluding hydrogens is 325 g/mol. The molecule has 0 atom stereocenters. The standard InChI is InChI=1S/C15H17F3N4O2/c1-2-7-19-8-9-20-13(23)11-5-3-10(4-6-11)12-21-14(24-22-12)15(16,17)18/h3-6,19H,2,7-9H2,1H3,(H,20,23). The number of alkyl halides is 3.